The van der Waals surface area contributed by atoms with E-state index in [0.717, 1.165) is 23.3 Å². The number of hydrogen-bond acceptors (Lipinski definition) is 13. The van der Waals surface area contributed by atoms with E-state index in [1.165, 1.54) is 24.0 Å². The lowest BCUT2D eigenvalue weighted by atomic mass is 9.83. The van der Waals surface area contributed by atoms with Gasteiger partial charge in [-0.05, 0) is 78.5 Å². The predicted octanol–water partition coefficient (Wildman–Crippen LogP) is 6.82. The number of nitrogens with zero attached hydrogens (tertiary/aromatic N) is 2. The number of hydrogen-bond donors (Lipinski definition) is 2. The van der Waals surface area contributed by atoms with E-state index in [1.54, 1.807) is 87.7 Å². The van der Waals surface area contributed by atoms with Gasteiger partial charge in [-0.3, -0.25) is 14.9 Å². The first-order valence-corrected chi connectivity index (χ1v) is 22.9. The monoisotopic (exact) mass is 895 g/mol. The minimum absolute atomic E-state index is 0.0601. The number of esters is 1. The zero-order valence-corrected chi connectivity index (χ0v) is 39.0. The number of methoxy groups -OCH3 is 2. The molecule has 0 aromatic heterocycles. The maximum atomic E-state index is 14.3. The third-order valence-corrected chi connectivity index (χ3v) is 15.3. The molecule has 0 aliphatic carbocycles. The van der Waals surface area contributed by atoms with Crippen LogP contribution in [0, 0.1) is 5.92 Å². The van der Waals surface area contributed by atoms with E-state index in [0.29, 0.717) is 30.7 Å². The molecular weight excluding hydrogens is 834 g/mol. The Morgan fingerprint density at radius 2 is 1.90 bits per heavy atom. The van der Waals surface area contributed by atoms with Crippen molar-refractivity contribution < 1.29 is 52.8 Å². The number of allylic oxidation sites excluding steroid dienone is 3. The van der Waals surface area contributed by atoms with Gasteiger partial charge in [-0.2, -0.15) is 0 Å². The van der Waals surface area contributed by atoms with Crippen LogP contribution in [0.4, 0.5) is 10.5 Å². The smallest absolute Gasteiger partial charge is 0.409 e. The average Bonchev–Trinajstić information content (AvgIpc) is 3.88. The molecule has 0 radical (unpaired) electrons. The Bertz CT molecular complexity index is 1830. The Labute approximate surface area is 367 Å². The Morgan fingerprint density at radius 1 is 1.20 bits per heavy atom. The van der Waals surface area contributed by atoms with Gasteiger partial charge in [0, 0.05) is 56.9 Å². The molecule has 4 bridgehead atoms. The fraction of sp³-hybridized carbons (Fsp3) is 0.651. The predicted molar refractivity (Wildman–Crippen MR) is 234 cm³/mol. The number of carbonyl (C=O) groups is 5. The molecular formula is C43H62ClN3O11S2. The summed E-state index contributed by atoms with van der Waals surface area (Å²) in [4.78, 5) is 68.6. The Hall–Kier alpha value is -3.28. The van der Waals surface area contributed by atoms with Gasteiger partial charge in [0.25, 0.3) is 0 Å². The second-order valence-electron chi connectivity index (χ2n) is 16.9. The van der Waals surface area contributed by atoms with Gasteiger partial charge in [-0.25, -0.2) is 9.59 Å². The second-order valence-corrected chi connectivity index (χ2v) is 20.4. The molecule has 1 aromatic rings. The van der Waals surface area contributed by atoms with Crippen LogP contribution in [-0.2, 0) is 44.5 Å². The number of carbonyl (C=O) groups excluding carboxylic acids is 5. The number of benzene rings is 1. The third kappa shape index (κ3) is 12.4. The molecule has 17 heteroatoms. The summed E-state index contributed by atoms with van der Waals surface area (Å²) in [7, 11) is 9.39. The highest BCUT2D eigenvalue weighted by atomic mass is 35.5. The summed E-state index contributed by atoms with van der Waals surface area (Å²) < 4.78 is 29.2. The van der Waals surface area contributed by atoms with Crippen LogP contribution >= 0.6 is 33.2 Å². The van der Waals surface area contributed by atoms with Gasteiger partial charge in [0.2, 0.25) is 11.8 Å². The zero-order valence-electron chi connectivity index (χ0n) is 36.6. The average molecular weight is 897 g/mol. The number of Topliss-reactive ketones (excluding diaryl/α,β-unsaturated/α-hetero) is 1. The molecule has 334 valence electrons. The van der Waals surface area contributed by atoms with Gasteiger partial charge in [0.15, 0.2) is 5.72 Å². The van der Waals surface area contributed by atoms with Gasteiger partial charge in [0.05, 0.1) is 25.3 Å². The Morgan fingerprint density at radius 3 is 2.55 bits per heavy atom. The van der Waals surface area contributed by atoms with E-state index in [4.69, 9.17) is 35.3 Å². The number of epoxide rings is 1. The summed E-state index contributed by atoms with van der Waals surface area (Å²) in [6, 6.07) is 2.58. The van der Waals surface area contributed by atoms with Crippen LogP contribution in [0.5, 0.6) is 5.75 Å². The van der Waals surface area contributed by atoms with Gasteiger partial charge in [-0.15, -0.1) is 0 Å². The second kappa shape index (κ2) is 20.7. The molecule has 2 fully saturated rings. The molecule has 8 atom stereocenters. The lowest BCUT2D eigenvalue weighted by Crippen LogP contribution is -2.63. The van der Waals surface area contributed by atoms with Gasteiger partial charge in [-0.1, -0.05) is 63.9 Å². The van der Waals surface area contributed by atoms with Crippen LogP contribution in [-0.4, -0.2) is 120 Å². The molecule has 0 spiro atoms. The molecule has 1 unspecified atom stereocenters. The topological polar surface area (TPSA) is 174 Å². The first-order valence-electron chi connectivity index (χ1n) is 20.2. The minimum Gasteiger partial charge on any atom is -0.495 e. The quantitative estimate of drug-likeness (QED) is 0.0863. The van der Waals surface area contributed by atoms with Crippen molar-refractivity contribution in [3.63, 3.8) is 0 Å². The van der Waals surface area contributed by atoms with Gasteiger partial charge >= 0.3 is 12.1 Å². The molecule has 0 saturated carbocycles. The molecule has 14 nitrogen and oxygen atoms in total. The Kier molecular flexibility index (Phi) is 17.1. The van der Waals surface area contributed by atoms with Crippen LogP contribution in [0.2, 0.25) is 5.02 Å². The molecule has 3 aliphatic heterocycles. The highest BCUT2D eigenvalue weighted by molar-refractivity contribution is 8.77. The van der Waals surface area contributed by atoms with Crippen LogP contribution in [0.15, 0.2) is 35.9 Å². The van der Waals surface area contributed by atoms with Crippen LogP contribution in [0.1, 0.15) is 92.6 Å². The molecule has 60 heavy (non-hydrogen) atoms. The highest BCUT2D eigenvalue weighted by Crippen LogP contribution is 2.49. The lowest BCUT2D eigenvalue weighted by molar-refractivity contribution is -0.162. The van der Waals surface area contributed by atoms with E-state index in [2.05, 4.69) is 19.2 Å². The number of ketones is 1. The normalized spacial score (nSPS) is 29.2. The number of halogens is 1. The molecule has 2 saturated heterocycles. The summed E-state index contributed by atoms with van der Waals surface area (Å²) >= 11 is 6.80. The number of likely N-dealkylation sites (N-methyl/N-ethyl adjacent to an activating group) is 1. The van der Waals surface area contributed by atoms with Crippen molar-refractivity contribution in [2.24, 2.45) is 5.92 Å². The number of rotatable bonds is 14. The summed E-state index contributed by atoms with van der Waals surface area (Å²) in [5, 5.41) is 14.5. The standard InChI is InChI=1S/C43H62ClN3O11S2/c1-25-14-12-16-33(55-11)43(53)24-32(56-40(52)45-43)27(3)38-42(7,58-38)34(23-36(50)47(9)30-21-29(20-25)22-31(54-10)37(30)44)57-39(51)28(4)46(8)35(49)17-18-41(5,6)60-59-19-13-15-26(2)48/h12,14,16,21-22,27-28,32-34,38,53H,13,15,17-20,23-24H2,1-11H3,(H,45,52)/b16-12+,25-14+/t27-,28+,32?,33-,34+,38+,42+,43+/m1/s1. The first-order chi connectivity index (χ1) is 28.0. The number of alkyl carbamates (subject to hydrolysis) is 1. The van der Waals surface area contributed by atoms with Crippen molar-refractivity contribution >= 4 is 68.5 Å². The molecule has 1 aromatic carbocycles. The van der Waals surface area contributed by atoms with E-state index in [9.17, 15) is 29.1 Å². The number of ether oxygens (including phenoxy) is 5. The number of fused-ring (bicyclic) bond motifs is 5. The van der Waals surface area contributed by atoms with Crippen molar-refractivity contribution in [2.75, 3.05) is 39.0 Å². The SMILES string of the molecule is COc1cc2cc(c1Cl)N(C)C(=O)C[C@H](OC(=O)[C@H](C)N(C)C(=O)CCC(C)(C)SSCCCC(C)=O)[C@]1(C)O[C@H]1[C@H](C)C1C[C@@](O)(NC(=O)O1)[C@H](OC)/C=C/C=C(\C)C2. The third-order valence-electron chi connectivity index (χ3n) is 11.5. The van der Waals surface area contributed by atoms with Crippen LogP contribution < -0.4 is 15.0 Å². The summed E-state index contributed by atoms with van der Waals surface area (Å²) in [5.41, 5.74) is -0.966. The number of aliphatic hydroxyl groups is 1. The van der Waals surface area contributed by atoms with Crippen molar-refractivity contribution in [1.29, 1.82) is 0 Å². The van der Waals surface area contributed by atoms with Gasteiger partial charge < -0.3 is 43.4 Å². The summed E-state index contributed by atoms with van der Waals surface area (Å²) in [6.45, 7) is 12.7. The molecule has 3 heterocycles. The zero-order chi connectivity index (χ0) is 44.7. The molecule has 2 N–H and O–H groups in total. The van der Waals surface area contributed by atoms with E-state index in [1.807, 2.05) is 13.0 Å². The number of nitrogens with one attached hydrogen (secondary N) is 1. The van der Waals surface area contributed by atoms with Crippen molar-refractivity contribution in [3.8, 4) is 5.75 Å². The highest BCUT2D eigenvalue weighted by Gasteiger charge is 2.64. The fourth-order valence-corrected chi connectivity index (χ4v) is 10.4. The largest absolute Gasteiger partial charge is 0.495 e. The molecule has 3 amide bonds. The molecule has 4 rings (SSSR count). The lowest BCUT2D eigenvalue weighted by Gasteiger charge is -2.42. The fourth-order valence-electron chi connectivity index (χ4n) is 7.43. The summed E-state index contributed by atoms with van der Waals surface area (Å²) in [6.07, 6.45) is 2.93. The number of amides is 3. The first kappa shape index (κ1) is 49.4. The van der Waals surface area contributed by atoms with Gasteiger partial charge in [0.1, 0.15) is 46.5 Å². The van der Waals surface area contributed by atoms with E-state index < -0.39 is 65.7 Å². The van der Waals surface area contributed by atoms with Crippen LogP contribution in [0.3, 0.4) is 0 Å². The molecule has 3 aliphatic rings. The van der Waals surface area contributed by atoms with Crippen LogP contribution in [0.25, 0.3) is 0 Å². The maximum Gasteiger partial charge on any atom is 0.409 e. The maximum absolute atomic E-state index is 14.3. The van der Waals surface area contributed by atoms with E-state index >= 15 is 0 Å². The minimum atomic E-state index is -1.84. The van der Waals surface area contributed by atoms with Crippen molar-refractivity contribution in [1.82, 2.24) is 10.2 Å². The number of anilines is 1. The van der Waals surface area contributed by atoms with E-state index in [-0.39, 0.29) is 40.7 Å². The van der Waals surface area contributed by atoms with Crippen molar-refractivity contribution in [2.45, 2.75) is 140 Å². The summed E-state index contributed by atoms with van der Waals surface area (Å²) in [5.74, 6) is -0.603. The van der Waals surface area contributed by atoms with Crippen molar-refractivity contribution in [3.05, 3.63) is 46.5 Å². The Balaban J connectivity index is 1.62.